The number of rotatable bonds is 2. The molecule has 1 aromatic heterocycles. The SMILES string of the molecule is Nc1cc([N+](=O)[O-])cc(-c2ccccc2F)n1. The second kappa shape index (κ2) is 4.17. The summed E-state index contributed by atoms with van der Waals surface area (Å²) in [5, 5.41) is 10.7. The Bertz CT molecular complexity index is 587. The molecule has 6 heteroatoms. The van der Waals surface area contributed by atoms with Crippen molar-refractivity contribution in [1.29, 1.82) is 0 Å². The average molecular weight is 233 g/mol. The van der Waals surface area contributed by atoms with E-state index in [9.17, 15) is 14.5 Å². The molecule has 17 heavy (non-hydrogen) atoms. The Morgan fingerprint density at radius 2 is 2.00 bits per heavy atom. The molecule has 0 aliphatic heterocycles. The molecular weight excluding hydrogens is 225 g/mol. The Kier molecular flexibility index (Phi) is 2.70. The molecule has 5 nitrogen and oxygen atoms in total. The van der Waals surface area contributed by atoms with E-state index in [2.05, 4.69) is 4.98 Å². The van der Waals surface area contributed by atoms with Gasteiger partial charge < -0.3 is 5.73 Å². The van der Waals surface area contributed by atoms with Gasteiger partial charge in [-0.25, -0.2) is 9.37 Å². The van der Waals surface area contributed by atoms with Gasteiger partial charge in [0.2, 0.25) is 0 Å². The first-order valence-electron chi connectivity index (χ1n) is 4.75. The fourth-order valence-corrected chi connectivity index (χ4v) is 1.45. The van der Waals surface area contributed by atoms with Crippen molar-refractivity contribution in [2.75, 3.05) is 5.73 Å². The molecule has 86 valence electrons. The molecule has 0 aliphatic rings. The molecule has 0 radical (unpaired) electrons. The molecule has 1 heterocycles. The number of benzene rings is 1. The van der Waals surface area contributed by atoms with Gasteiger partial charge in [-0.1, -0.05) is 12.1 Å². The zero-order valence-corrected chi connectivity index (χ0v) is 8.63. The molecule has 0 saturated heterocycles. The number of anilines is 1. The third-order valence-electron chi connectivity index (χ3n) is 2.19. The molecule has 0 unspecified atom stereocenters. The van der Waals surface area contributed by atoms with Crippen LogP contribution < -0.4 is 5.73 Å². The number of nitrogen functional groups attached to an aromatic ring is 1. The zero-order chi connectivity index (χ0) is 12.4. The van der Waals surface area contributed by atoms with Crippen LogP contribution in [0, 0.1) is 15.9 Å². The van der Waals surface area contributed by atoms with Crippen LogP contribution >= 0.6 is 0 Å². The summed E-state index contributed by atoms with van der Waals surface area (Å²) in [6.45, 7) is 0. The Balaban J connectivity index is 2.60. The predicted octanol–water partition coefficient (Wildman–Crippen LogP) is 2.38. The van der Waals surface area contributed by atoms with E-state index >= 15 is 0 Å². The van der Waals surface area contributed by atoms with Gasteiger partial charge in [-0.05, 0) is 12.1 Å². The number of nitro groups is 1. The number of nitrogens with zero attached hydrogens (tertiary/aromatic N) is 2. The van der Waals surface area contributed by atoms with Crippen LogP contribution in [-0.2, 0) is 0 Å². The largest absolute Gasteiger partial charge is 0.383 e. The van der Waals surface area contributed by atoms with Crippen molar-refractivity contribution in [3.05, 3.63) is 52.3 Å². The molecule has 2 N–H and O–H groups in total. The third-order valence-corrected chi connectivity index (χ3v) is 2.19. The summed E-state index contributed by atoms with van der Waals surface area (Å²) in [6, 6.07) is 8.21. The Labute approximate surface area is 95.9 Å². The maximum Gasteiger partial charge on any atom is 0.275 e. The monoisotopic (exact) mass is 233 g/mol. The lowest BCUT2D eigenvalue weighted by Crippen LogP contribution is -1.97. The fraction of sp³-hybridized carbons (Fsp3) is 0. The maximum absolute atomic E-state index is 13.5. The van der Waals surface area contributed by atoms with Crippen LogP contribution in [0.4, 0.5) is 15.9 Å². The van der Waals surface area contributed by atoms with E-state index in [-0.39, 0.29) is 22.8 Å². The minimum Gasteiger partial charge on any atom is -0.383 e. The third kappa shape index (κ3) is 2.20. The highest BCUT2D eigenvalue weighted by Gasteiger charge is 2.13. The second-order valence-electron chi connectivity index (χ2n) is 3.37. The van der Waals surface area contributed by atoms with Crippen molar-refractivity contribution in [2.24, 2.45) is 0 Å². The quantitative estimate of drug-likeness (QED) is 0.637. The van der Waals surface area contributed by atoms with Crippen LogP contribution in [0.25, 0.3) is 11.3 Å². The van der Waals surface area contributed by atoms with Crippen LogP contribution in [0.1, 0.15) is 0 Å². The van der Waals surface area contributed by atoms with Gasteiger partial charge in [0.25, 0.3) is 5.69 Å². The minimum absolute atomic E-state index is 0.0162. The van der Waals surface area contributed by atoms with Gasteiger partial charge in [-0.2, -0.15) is 0 Å². The van der Waals surface area contributed by atoms with Crippen molar-refractivity contribution in [2.45, 2.75) is 0 Å². The van der Waals surface area contributed by atoms with E-state index in [0.29, 0.717) is 0 Å². The second-order valence-corrected chi connectivity index (χ2v) is 3.37. The summed E-state index contributed by atoms with van der Waals surface area (Å²) >= 11 is 0. The number of nitrogens with two attached hydrogens (primary N) is 1. The van der Waals surface area contributed by atoms with Crippen molar-refractivity contribution < 1.29 is 9.31 Å². The van der Waals surface area contributed by atoms with Gasteiger partial charge in [0.15, 0.2) is 0 Å². The van der Waals surface area contributed by atoms with Crippen LogP contribution in [0.2, 0.25) is 0 Å². The molecule has 0 spiro atoms. The van der Waals surface area contributed by atoms with Crippen molar-refractivity contribution in [1.82, 2.24) is 4.98 Å². The topological polar surface area (TPSA) is 82.0 Å². The van der Waals surface area contributed by atoms with Gasteiger partial charge >= 0.3 is 0 Å². The maximum atomic E-state index is 13.5. The number of hydrogen-bond acceptors (Lipinski definition) is 4. The van der Waals surface area contributed by atoms with Crippen LogP contribution in [0.3, 0.4) is 0 Å². The molecule has 0 saturated carbocycles. The smallest absolute Gasteiger partial charge is 0.275 e. The number of pyridine rings is 1. The summed E-state index contributed by atoms with van der Waals surface area (Å²) in [7, 11) is 0. The molecular formula is C11H8FN3O2. The van der Waals surface area contributed by atoms with Crippen molar-refractivity contribution in [3.63, 3.8) is 0 Å². The molecule has 0 atom stereocenters. The lowest BCUT2D eigenvalue weighted by atomic mass is 10.1. The lowest BCUT2D eigenvalue weighted by molar-refractivity contribution is -0.384. The van der Waals surface area contributed by atoms with Crippen molar-refractivity contribution in [3.8, 4) is 11.3 Å². The highest BCUT2D eigenvalue weighted by molar-refractivity contribution is 5.65. The minimum atomic E-state index is -0.595. The highest BCUT2D eigenvalue weighted by atomic mass is 19.1. The molecule has 2 rings (SSSR count). The van der Waals surface area contributed by atoms with E-state index in [4.69, 9.17) is 5.73 Å². The van der Waals surface area contributed by atoms with Crippen LogP contribution in [-0.4, -0.2) is 9.91 Å². The van der Waals surface area contributed by atoms with E-state index in [0.717, 1.165) is 6.07 Å². The first-order chi connectivity index (χ1) is 8.08. The molecule has 1 aromatic carbocycles. The van der Waals surface area contributed by atoms with E-state index in [1.54, 1.807) is 6.07 Å². The number of aromatic nitrogens is 1. The van der Waals surface area contributed by atoms with E-state index in [1.165, 1.54) is 24.3 Å². The summed E-state index contributed by atoms with van der Waals surface area (Å²) in [5.74, 6) is -0.516. The summed E-state index contributed by atoms with van der Waals surface area (Å²) in [5.41, 5.74) is 5.57. The summed E-state index contributed by atoms with van der Waals surface area (Å²) in [6.07, 6.45) is 0. The fourth-order valence-electron chi connectivity index (χ4n) is 1.45. The van der Waals surface area contributed by atoms with Gasteiger partial charge in [0.1, 0.15) is 11.6 Å². The van der Waals surface area contributed by atoms with Crippen LogP contribution in [0.5, 0.6) is 0 Å². The summed E-state index contributed by atoms with van der Waals surface area (Å²) < 4.78 is 13.5. The number of hydrogen-bond donors (Lipinski definition) is 1. The molecule has 0 amide bonds. The van der Waals surface area contributed by atoms with Gasteiger partial charge in [0.05, 0.1) is 16.7 Å². The molecule has 0 fully saturated rings. The highest BCUT2D eigenvalue weighted by Crippen LogP contribution is 2.25. The number of halogens is 1. The van der Waals surface area contributed by atoms with Gasteiger partial charge in [0, 0.05) is 11.6 Å². The normalized spacial score (nSPS) is 10.2. The molecule has 2 aromatic rings. The Morgan fingerprint density at radius 3 is 2.65 bits per heavy atom. The van der Waals surface area contributed by atoms with Crippen LogP contribution in [0.15, 0.2) is 36.4 Å². The van der Waals surface area contributed by atoms with Crippen molar-refractivity contribution >= 4 is 11.5 Å². The summed E-state index contributed by atoms with van der Waals surface area (Å²) in [4.78, 5) is 13.9. The Morgan fingerprint density at radius 1 is 1.29 bits per heavy atom. The van der Waals surface area contributed by atoms with E-state index < -0.39 is 10.7 Å². The van der Waals surface area contributed by atoms with E-state index in [1.807, 2.05) is 0 Å². The zero-order valence-electron chi connectivity index (χ0n) is 8.63. The van der Waals surface area contributed by atoms with Gasteiger partial charge in [-0.3, -0.25) is 10.1 Å². The molecule has 0 aliphatic carbocycles. The lowest BCUT2D eigenvalue weighted by Gasteiger charge is -2.03. The average Bonchev–Trinajstić information content (AvgIpc) is 2.28. The predicted molar refractivity (Wildman–Crippen MR) is 60.7 cm³/mol. The first-order valence-corrected chi connectivity index (χ1v) is 4.75. The Hall–Kier alpha value is -2.50. The first kappa shape index (κ1) is 11.0. The molecule has 0 bridgehead atoms. The standard InChI is InChI=1S/C11H8FN3O2/c12-9-4-2-1-3-8(9)10-5-7(15(16)17)6-11(13)14-10/h1-6H,(H2,13,14). The van der Waals surface area contributed by atoms with Gasteiger partial charge in [-0.15, -0.1) is 0 Å².